The maximum atomic E-state index is 13.2. The molecule has 15 heteroatoms. The van der Waals surface area contributed by atoms with E-state index in [1.807, 2.05) is 24.5 Å². The van der Waals surface area contributed by atoms with E-state index < -0.39 is 29.2 Å². The Labute approximate surface area is 237 Å². The van der Waals surface area contributed by atoms with Crippen molar-refractivity contribution < 1.29 is 29.0 Å². The van der Waals surface area contributed by atoms with Crippen LogP contribution in [0.25, 0.3) is 0 Å². The minimum Gasteiger partial charge on any atom is -0.477 e. The molecule has 2 aromatic rings. The first-order valence-electron chi connectivity index (χ1n) is 12.3. The normalized spacial score (nSPS) is 21.4. The van der Waals surface area contributed by atoms with Gasteiger partial charge in [0.15, 0.2) is 10.8 Å². The van der Waals surface area contributed by atoms with Crippen LogP contribution in [-0.2, 0) is 19.2 Å². The molecule has 0 unspecified atom stereocenters. The Morgan fingerprint density at radius 1 is 1.33 bits per heavy atom. The first kappa shape index (κ1) is 27.3. The number of thioether (sulfide) groups is 2. The molecule has 5 N–H and O–H groups in total. The number of carboxylic acids is 1. The highest BCUT2D eigenvalue weighted by molar-refractivity contribution is 8.01. The molecule has 0 radical (unpaired) electrons. The fourth-order valence-electron chi connectivity index (χ4n) is 4.55. The number of oxime groups is 1. The summed E-state index contributed by atoms with van der Waals surface area (Å²) in [6, 6.07) is 2.95. The van der Waals surface area contributed by atoms with E-state index in [0.717, 1.165) is 30.6 Å². The minimum atomic E-state index is -1.17. The van der Waals surface area contributed by atoms with Crippen LogP contribution >= 0.6 is 34.9 Å². The molecule has 1 saturated carbocycles. The molecule has 2 fully saturated rings. The molecule has 2 atom stereocenters. The average Bonchev–Trinajstić information content (AvgIpc) is 3.62. The highest BCUT2D eigenvalue weighted by Crippen LogP contribution is 2.41. The Balaban J connectivity index is 1.28. The second kappa shape index (κ2) is 11.8. The number of rotatable bonds is 10. The van der Waals surface area contributed by atoms with Crippen molar-refractivity contribution in [3.05, 3.63) is 46.9 Å². The number of aliphatic carboxylic acids is 1. The predicted molar refractivity (Wildman–Crippen MR) is 149 cm³/mol. The monoisotopic (exact) mass is 590 g/mol. The van der Waals surface area contributed by atoms with Crippen LogP contribution in [0.3, 0.4) is 0 Å². The van der Waals surface area contributed by atoms with Crippen LogP contribution in [0, 0.1) is 0 Å². The molecule has 2 amide bonds. The second-order valence-electron chi connectivity index (χ2n) is 9.09. The van der Waals surface area contributed by atoms with Crippen LogP contribution in [0.1, 0.15) is 31.4 Å². The third-order valence-electron chi connectivity index (χ3n) is 6.58. The minimum absolute atomic E-state index is 0.0197. The fourth-order valence-corrected chi connectivity index (χ4v) is 7.47. The standard InChI is InChI=1S/C24H27N7O5S3/c1-26-30-8-6-15(7-9-30)37-10-13-11-38-22-18(21(33)31(22)19(13)23(34)35)28-20(32)17(16-12-39-24(25)27-16)29-36-14-4-2-3-5-14/h6-9,12,14,18,22,26H,2-5,10-11H2,1H3,(H3-,25,27,28,32,34,35)/p+1/t18-,22-/m1/s1. The Bertz CT molecular complexity index is 1320. The third kappa shape index (κ3) is 5.84. The van der Waals surface area contributed by atoms with E-state index in [1.54, 1.807) is 17.1 Å². The van der Waals surface area contributed by atoms with Gasteiger partial charge in [-0.2, -0.15) is 5.43 Å². The smallest absolute Gasteiger partial charge is 0.352 e. The van der Waals surface area contributed by atoms with Gasteiger partial charge >= 0.3 is 5.97 Å². The van der Waals surface area contributed by atoms with Gasteiger partial charge in [-0.25, -0.2) is 9.78 Å². The zero-order valence-corrected chi connectivity index (χ0v) is 23.5. The SMILES string of the molecule is CN[n+]1ccc(SCC2=C(C(=O)O)N3C(=O)[C@@H](NC(=O)C(=NOC4CCCC4)c4csc(N)n4)[C@H]3SC2)cc1. The van der Waals surface area contributed by atoms with Crippen molar-refractivity contribution in [2.24, 2.45) is 5.16 Å². The predicted octanol–water partition coefficient (Wildman–Crippen LogP) is 1.38. The fraction of sp³-hybridized carbons (Fsp3) is 0.417. The summed E-state index contributed by atoms with van der Waals surface area (Å²) in [5, 5.41) is 18.1. The van der Waals surface area contributed by atoms with Crippen LogP contribution in [0.2, 0.25) is 0 Å². The van der Waals surface area contributed by atoms with Gasteiger partial charge in [0.1, 0.15) is 28.9 Å². The molecular formula is C24H28N7O5S3+. The summed E-state index contributed by atoms with van der Waals surface area (Å²) >= 11 is 4.08. The number of nitrogen functional groups attached to an aromatic ring is 1. The highest BCUT2D eigenvalue weighted by Gasteiger charge is 2.54. The van der Waals surface area contributed by atoms with E-state index in [2.05, 4.69) is 20.9 Å². The van der Waals surface area contributed by atoms with Crippen LogP contribution in [0.15, 0.2) is 51.2 Å². The topological polar surface area (TPSA) is 163 Å². The van der Waals surface area contributed by atoms with E-state index in [1.165, 1.54) is 39.8 Å². The van der Waals surface area contributed by atoms with Crippen molar-refractivity contribution >= 4 is 63.5 Å². The lowest BCUT2D eigenvalue weighted by Gasteiger charge is -2.49. The van der Waals surface area contributed by atoms with Crippen molar-refractivity contribution in [3.8, 4) is 0 Å². The molecule has 2 aromatic heterocycles. The molecule has 39 heavy (non-hydrogen) atoms. The molecule has 4 heterocycles. The average molecular weight is 591 g/mol. The van der Waals surface area contributed by atoms with E-state index >= 15 is 0 Å². The number of carboxylic acid groups (broad SMARTS) is 1. The van der Waals surface area contributed by atoms with Gasteiger partial charge in [0, 0.05) is 33.9 Å². The molecule has 0 bridgehead atoms. The van der Waals surface area contributed by atoms with E-state index in [-0.39, 0.29) is 28.3 Å². The Morgan fingerprint density at radius 3 is 2.72 bits per heavy atom. The van der Waals surface area contributed by atoms with Crippen LogP contribution in [0.5, 0.6) is 0 Å². The molecule has 1 aliphatic carbocycles. The number of nitrogens with zero attached hydrogens (tertiary/aromatic N) is 4. The number of aromatic nitrogens is 2. The first-order valence-corrected chi connectivity index (χ1v) is 15.2. The second-order valence-corrected chi connectivity index (χ2v) is 12.1. The summed E-state index contributed by atoms with van der Waals surface area (Å²) < 4.78 is 1.79. The van der Waals surface area contributed by atoms with Gasteiger partial charge in [-0.1, -0.05) is 9.83 Å². The van der Waals surface area contributed by atoms with Gasteiger partial charge in [-0.15, -0.1) is 34.9 Å². The number of anilines is 1. The van der Waals surface area contributed by atoms with E-state index in [0.29, 0.717) is 17.1 Å². The number of β-lactam (4-membered cyclic amide) rings is 1. The number of amides is 2. The lowest BCUT2D eigenvalue weighted by atomic mass is 10.0. The number of carbonyl (C=O) groups excluding carboxylic acids is 2. The zero-order valence-electron chi connectivity index (χ0n) is 21.0. The van der Waals surface area contributed by atoms with Crippen LogP contribution in [-0.4, -0.2) is 74.6 Å². The Kier molecular flexibility index (Phi) is 8.28. The first-order chi connectivity index (χ1) is 18.9. The third-order valence-corrected chi connectivity index (χ3v) is 9.69. The number of fused-ring (bicyclic) bond motifs is 1. The molecule has 0 spiro atoms. The molecule has 5 rings (SSSR count). The maximum Gasteiger partial charge on any atom is 0.352 e. The maximum absolute atomic E-state index is 13.2. The molecule has 0 aromatic carbocycles. The Hall–Kier alpha value is -3.30. The lowest BCUT2D eigenvalue weighted by molar-refractivity contribution is -0.647. The van der Waals surface area contributed by atoms with Gasteiger partial charge in [-0.05, 0) is 31.3 Å². The molecule has 206 valence electrons. The van der Waals surface area contributed by atoms with Gasteiger partial charge in [0.2, 0.25) is 12.4 Å². The number of thiazole rings is 1. The van der Waals surface area contributed by atoms with Crippen LogP contribution < -0.4 is 21.2 Å². The lowest BCUT2D eigenvalue weighted by Crippen LogP contribution is -2.71. The van der Waals surface area contributed by atoms with E-state index in [4.69, 9.17) is 10.6 Å². The molecule has 12 nitrogen and oxygen atoms in total. The number of hydrogen-bond donors (Lipinski definition) is 4. The van der Waals surface area contributed by atoms with Gasteiger partial charge in [-0.3, -0.25) is 14.5 Å². The number of nitrogens with one attached hydrogen (secondary N) is 2. The quantitative estimate of drug-likeness (QED) is 0.105. The van der Waals surface area contributed by atoms with Crippen molar-refractivity contribution in [3.63, 3.8) is 0 Å². The van der Waals surface area contributed by atoms with Crippen molar-refractivity contribution in [2.45, 2.75) is 48.1 Å². The zero-order chi connectivity index (χ0) is 27.5. The number of carbonyl (C=O) groups is 3. The Morgan fingerprint density at radius 2 is 2.08 bits per heavy atom. The van der Waals surface area contributed by atoms with Crippen molar-refractivity contribution in [1.29, 1.82) is 0 Å². The van der Waals surface area contributed by atoms with Crippen molar-refractivity contribution in [2.75, 3.05) is 29.7 Å². The molecule has 3 aliphatic rings. The van der Waals surface area contributed by atoms with Gasteiger partial charge in [0.25, 0.3) is 11.8 Å². The summed E-state index contributed by atoms with van der Waals surface area (Å²) in [4.78, 5) is 50.6. The number of nitrogens with two attached hydrogens (primary N) is 1. The molecule has 2 aliphatic heterocycles. The summed E-state index contributed by atoms with van der Waals surface area (Å²) in [6.07, 6.45) is 7.45. The summed E-state index contributed by atoms with van der Waals surface area (Å²) in [5.74, 6) is -1.43. The van der Waals surface area contributed by atoms with Crippen LogP contribution in [0.4, 0.5) is 5.13 Å². The highest BCUT2D eigenvalue weighted by atomic mass is 32.2. The number of hydrogen-bond acceptors (Lipinski definition) is 11. The van der Waals surface area contributed by atoms with Gasteiger partial charge in [0.05, 0.1) is 7.05 Å². The number of pyridine rings is 1. The largest absolute Gasteiger partial charge is 0.477 e. The van der Waals surface area contributed by atoms with Crippen molar-refractivity contribution in [1.82, 2.24) is 15.2 Å². The summed E-state index contributed by atoms with van der Waals surface area (Å²) in [6.45, 7) is 0. The van der Waals surface area contributed by atoms with Gasteiger partial charge < -0.3 is 21.0 Å². The summed E-state index contributed by atoms with van der Waals surface area (Å²) in [5.41, 5.74) is 9.58. The molecular weight excluding hydrogens is 563 g/mol. The van der Waals surface area contributed by atoms with E-state index in [9.17, 15) is 19.5 Å². The molecule has 1 saturated heterocycles. The summed E-state index contributed by atoms with van der Waals surface area (Å²) in [7, 11) is 1.80.